The van der Waals surface area contributed by atoms with Gasteiger partial charge in [-0.15, -0.1) is 0 Å². The monoisotopic (exact) mass is 471 g/mol. The van der Waals surface area contributed by atoms with Crippen LogP contribution in [0.15, 0.2) is 53.4 Å². The van der Waals surface area contributed by atoms with Crippen LogP contribution in [0.4, 0.5) is 5.69 Å². The zero-order valence-corrected chi connectivity index (χ0v) is 20.5. The number of nitrogens with zero attached hydrogens (tertiary/aromatic N) is 1. The van der Waals surface area contributed by atoms with Crippen molar-refractivity contribution in [1.82, 2.24) is 9.62 Å². The number of sulfonamides is 1. The first-order valence-electron chi connectivity index (χ1n) is 11.4. The van der Waals surface area contributed by atoms with Crippen LogP contribution in [0.5, 0.6) is 0 Å². The van der Waals surface area contributed by atoms with Gasteiger partial charge in [-0.05, 0) is 68.0 Å². The number of nitrogens with one attached hydrogen (secondary N) is 2. The van der Waals surface area contributed by atoms with Gasteiger partial charge in [0, 0.05) is 24.7 Å². The van der Waals surface area contributed by atoms with E-state index in [2.05, 4.69) is 24.5 Å². The zero-order valence-electron chi connectivity index (χ0n) is 19.7. The SMILES string of the molecule is CCC(C)NC(=O)c1ccccc1NC(=O)c1ccc(S(=O)(=O)N2CC(C)CC(C)C2)cc1. The molecule has 3 rings (SSSR count). The molecule has 8 heteroatoms. The highest BCUT2D eigenvalue weighted by molar-refractivity contribution is 7.89. The molecule has 0 aromatic heterocycles. The average Bonchev–Trinajstić information content (AvgIpc) is 2.78. The third-order valence-electron chi connectivity index (χ3n) is 6.00. The van der Waals surface area contributed by atoms with Gasteiger partial charge >= 0.3 is 0 Å². The normalized spacial score (nSPS) is 20.1. The molecule has 1 heterocycles. The summed E-state index contributed by atoms with van der Waals surface area (Å²) in [6.07, 6.45) is 1.81. The van der Waals surface area contributed by atoms with Gasteiger partial charge in [-0.2, -0.15) is 4.31 Å². The minimum atomic E-state index is -3.61. The number of carbonyl (C=O) groups is 2. The van der Waals surface area contributed by atoms with E-state index < -0.39 is 15.9 Å². The lowest BCUT2D eigenvalue weighted by Crippen LogP contribution is -2.42. The molecule has 33 heavy (non-hydrogen) atoms. The summed E-state index contributed by atoms with van der Waals surface area (Å²) < 4.78 is 27.7. The first-order chi connectivity index (χ1) is 15.6. The summed E-state index contributed by atoms with van der Waals surface area (Å²) in [5.74, 6) is -0.0491. The van der Waals surface area contributed by atoms with Gasteiger partial charge in [-0.1, -0.05) is 32.9 Å². The van der Waals surface area contributed by atoms with Crippen molar-refractivity contribution in [3.63, 3.8) is 0 Å². The summed E-state index contributed by atoms with van der Waals surface area (Å²) in [4.78, 5) is 25.6. The number of para-hydroxylation sites is 1. The summed E-state index contributed by atoms with van der Waals surface area (Å²) in [5, 5.41) is 5.67. The van der Waals surface area contributed by atoms with Crippen molar-refractivity contribution < 1.29 is 18.0 Å². The van der Waals surface area contributed by atoms with Crippen LogP contribution in [0, 0.1) is 11.8 Å². The topological polar surface area (TPSA) is 95.6 Å². The fourth-order valence-electron chi connectivity index (χ4n) is 4.12. The number of piperidine rings is 1. The number of carbonyl (C=O) groups excluding carboxylic acids is 2. The highest BCUT2D eigenvalue weighted by Crippen LogP contribution is 2.27. The Hall–Kier alpha value is -2.71. The number of benzene rings is 2. The van der Waals surface area contributed by atoms with Crippen molar-refractivity contribution >= 4 is 27.5 Å². The highest BCUT2D eigenvalue weighted by Gasteiger charge is 2.31. The largest absolute Gasteiger partial charge is 0.350 e. The molecule has 1 aliphatic heterocycles. The quantitative estimate of drug-likeness (QED) is 0.635. The first kappa shape index (κ1) is 24.9. The minimum absolute atomic E-state index is 0.0154. The van der Waals surface area contributed by atoms with E-state index >= 15 is 0 Å². The maximum absolute atomic E-state index is 13.1. The third kappa shape index (κ3) is 6.00. The fourth-order valence-corrected chi connectivity index (χ4v) is 5.80. The molecular weight excluding hydrogens is 438 g/mol. The molecule has 7 nitrogen and oxygen atoms in total. The Morgan fingerprint density at radius 1 is 1.00 bits per heavy atom. The maximum atomic E-state index is 13.1. The van der Waals surface area contributed by atoms with Gasteiger partial charge in [0.15, 0.2) is 0 Å². The van der Waals surface area contributed by atoms with Gasteiger partial charge in [-0.3, -0.25) is 9.59 Å². The van der Waals surface area contributed by atoms with E-state index in [9.17, 15) is 18.0 Å². The van der Waals surface area contributed by atoms with Gasteiger partial charge < -0.3 is 10.6 Å². The van der Waals surface area contributed by atoms with Crippen molar-refractivity contribution in [3.8, 4) is 0 Å². The van der Waals surface area contributed by atoms with E-state index in [1.807, 2.05) is 13.8 Å². The number of hydrogen-bond donors (Lipinski definition) is 2. The van der Waals surface area contributed by atoms with E-state index in [-0.39, 0.29) is 16.8 Å². The third-order valence-corrected chi connectivity index (χ3v) is 7.85. The van der Waals surface area contributed by atoms with Gasteiger partial charge in [-0.25, -0.2) is 8.42 Å². The molecule has 2 amide bonds. The van der Waals surface area contributed by atoms with Crippen LogP contribution in [0.1, 0.15) is 61.3 Å². The van der Waals surface area contributed by atoms with E-state index in [1.165, 1.54) is 28.6 Å². The molecule has 1 saturated heterocycles. The van der Waals surface area contributed by atoms with E-state index in [0.29, 0.717) is 41.7 Å². The van der Waals surface area contributed by atoms with Crippen LogP contribution in [0.25, 0.3) is 0 Å². The second kappa shape index (κ2) is 10.5. The summed E-state index contributed by atoms with van der Waals surface area (Å²) in [5.41, 5.74) is 1.08. The minimum Gasteiger partial charge on any atom is -0.350 e. The lowest BCUT2D eigenvalue weighted by atomic mass is 9.94. The van der Waals surface area contributed by atoms with Crippen molar-refractivity contribution in [1.29, 1.82) is 0 Å². The van der Waals surface area contributed by atoms with Crippen LogP contribution >= 0.6 is 0 Å². The predicted molar refractivity (Wildman–Crippen MR) is 130 cm³/mol. The Bertz CT molecular complexity index is 1090. The molecule has 0 radical (unpaired) electrons. The number of hydrogen-bond acceptors (Lipinski definition) is 4. The molecule has 1 fully saturated rings. The van der Waals surface area contributed by atoms with E-state index in [1.54, 1.807) is 24.3 Å². The van der Waals surface area contributed by atoms with Gasteiger partial charge in [0.05, 0.1) is 16.1 Å². The average molecular weight is 472 g/mol. The first-order valence-corrected chi connectivity index (χ1v) is 12.9. The zero-order chi connectivity index (χ0) is 24.2. The van der Waals surface area contributed by atoms with Crippen molar-refractivity contribution in [3.05, 3.63) is 59.7 Å². The number of anilines is 1. The van der Waals surface area contributed by atoms with Gasteiger partial charge in [0.2, 0.25) is 10.0 Å². The molecule has 2 aromatic rings. The van der Waals surface area contributed by atoms with Crippen LogP contribution in [0.3, 0.4) is 0 Å². The molecule has 3 unspecified atom stereocenters. The summed E-state index contributed by atoms with van der Waals surface area (Å²) in [6.45, 7) is 9.03. The molecular formula is C25H33N3O4S. The molecule has 0 saturated carbocycles. The molecule has 178 valence electrons. The fraction of sp³-hybridized carbons (Fsp3) is 0.440. The molecule has 0 spiro atoms. The van der Waals surface area contributed by atoms with E-state index in [0.717, 1.165) is 12.8 Å². The molecule has 0 aliphatic carbocycles. The lowest BCUT2D eigenvalue weighted by molar-refractivity contribution is 0.0940. The lowest BCUT2D eigenvalue weighted by Gasteiger charge is -2.34. The smallest absolute Gasteiger partial charge is 0.255 e. The van der Waals surface area contributed by atoms with Gasteiger partial charge in [0.1, 0.15) is 0 Å². The Labute approximate surface area is 196 Å². The maximum Gasteiger partial charge on any atom is 0.255 e. The van der Waals surface area contributed by atoms with Crippen LogP contribution in [0.2, 0.25) is 0 Å². The van der Waals surface area contributed by atoms with Gasteiger partial charge in [0.25, 0.3) is 11.8 Å². The van der Waals surface area contributed by atoms with Crippen LogP contribution < -0.4 is 10.6 Å². The van der Waals surface area contributed by atoms with E-state index in [4.69, 9.17) is 0 Å². The molecule has 3 atom stereocenters. The summed E-state index contributed by atoms with van der Waals surface area (Å²) >= 11 is 0. The highest BCUT2D eigenvalue weighted by atomic mass is 32.2. The Morgan fingerprint density at radius 3 is 2.21 bits per heavy atom. The second-order valence-electron chi connectivity index (χ2n) is 9.07. The summed E-state index contributed by atoms with van der Waals surface area (Å²) in [7, 11) is -3.61. The van der Waals surface area contributed by atoms with Crippen molar-refractivity contribution in [2.45, 2.75) is 51.5 Å². The molecule has 0 bridgehead atoms. The Morgan fingerprint density at radius 2 is 1.61 bits per heavy atom. The second-order valence-corrected chi connectivity index (χ2v) is 11.0. The van der Waals surface area contributed by atoms with Crippen molar-refractivity contribution in [2.24, 2.45) is 11.8 Å². The standard InChI is InChI=1S/C25H33N3O4S/c1-5-19(4)26-25(30)22-8-6-7-9-23(22)27-24(29)20-10-12-21(13-11-20)33(31,32)28-15-17(2)14-18(3)16-28/h6-13,17-19H,5,14-16H2,1-4H3,(H,26,30)(H,27,29). The number of amides is 2. The Kier molecular flexibility index (Phi) is 7.92. The molecule has 2 N–H and O–H groups in total. The molecule has 2 aromatic carbocycles. The van der Waals surface area contributed by atoms with Crippen LogP contribution in [-0.2, 0) is 10.0 Å². The predicted octanol–water partition coefficient (Wildman–Crippen LogP) is 4.13. The Balaban J connectivity index is 1.75. The van der Waals surface area contributed by atoms with Crippen LogP contribution in [-0.4, -0.2) is 43.7 Å². The van der Waals surface area contributed by atoms with Crippen molar-refractivity contribution in [2.75, 3.05) is 18.4 Å². The number of rotatable bonds is 7. The summed E-state index contributed by atoms with van der Waals surface area (Å²) in [6, 6.07) is 12.8. The molecule has 1 aliphatic rings.